The van der Waals surface area contributed by atoms with Crippen LogP contribution in [0.5, 0.6) is 0 Å². The lowest BCUT2D eigenvalue weighted by molar-refractivity contribution is -0.384. The molecule has 0 saturated heterocycles. The predicted molar refractivity (Wildman–Crippen MR) is 87.4 cm³/mol. The molecule has 3 rings (SSSR count). The number of pyridine rings is 1. The van der Waals surface area contributed by atoms with Gasteiger partial charge in [0, 0.05) is 31.1 Å². The summed E-state index contributed by atoms with van der Waals surface area (Å²) < 4.78 is 6.40. The first-order valence-electron chi connectivity index (χ1n) is 7.93. The molecule has 1 unspecified atom stereocenters. The molecule has 0 saturated carbocycles. The Morgan fingerprint density at radius 1 is 1.56 bits per heavy atom. The Bertz CT molecular complexity index is 818. The van der Waals surface area contributed by atoms with Gasteiger partial charge in [0.15, 0.2) is 5.82 Å². The lowest BCUT2D eigenvalue weighted by Gasteiger charge is -2.23. The zero-order valence-electron chi connectivity index (χ0n) is 13.9. The van der Waals surface area contributed by atoms with Gasteiger partial charge < -0.3 is 10.1 Å². The molecule has 2 aromatic heterocycles. The number of rotatable bonds is 5. The van der Waals surface area contributed by atoms with Gasteiger partial charge in [-0.1, -0.05) is 6.92 Å². The third kappa shape index (κ3) is 3.42. The normalized spacial score (nSPS) is 16.2. The van der Waals surface area contributed by atoms with Crippen molar-refractivity contribution in [2.75, 3.05) is 12.4 Å². The second-order valence-corrected chi connectivity index (χ2v) is 5.70. The number of ether oxygens (including phenoxy) is 1. The Morgan fingerprint density at radius 2 is 2.36 bits per heavy atom. The van der Waals surface area contributed by atoms with E-state index in [0.29, 0.717) is 6.54 Å². The number of hydrogen-bond acceptors (Lipinski definition) is 8. The van der Waals surface area contributed by atoms with Crippen LogP contribution in [0.1, 0.15) is 35.4 Å². The van der Waals surface area contributed by atoms with Gasteiger partial charge in [0.1, 0.15) is 5.82 Å². The maximum Gasteiger partial charge on any atom is 0.339 e. The minimum Gasteiger partial charge on any atom is -0.465 e. The van der Waals surface area contributed by atoms with Gasteiger partial charge in [-0.05, 0) is 6.42 Å². The van der Waals surface area contributed by atoms with Crippen molar-refractivity contribution in [3.63, 3.8) is 0 Å². The molecule has 0 radical (unpaired) electrons. The summed E-state index contributed by atoms with van der Waals surface area (Å²) >= 11 is 0. The summed E-state index contributed by atoms with van der Waals surface area (Å²) in [5, 5.41) is 18.8. The van der Waals surface area contributed by atoms with Crippen LogP contribution in [0, 0.1) is 10.1 Å². The van der Waals surface area contributed by atoms with Crippen LogP contribution in [0.15, 0.2) is 12.3 Å². The summed E-state index contributed by atoms with van der Waals surface area (Å²) in [6.45, 7) is 2.55. The summed E-state index contributed by atoms with van der Waals surface area (Å²) in [4.78, 5) is 30.8. The quantitative estimate of drug-likeness (QED) is 0.489. The van der Waals surface area contributed by atoms with Crippen LogP contribution in [0.2, 0.25) is 0 Å². The standard InChI is InChI=1S/C15H18N6O4/c1-3-12-18-13-5-4-10(8-20(13)19-12)17-14-11(21(23)24)6-9(7-16-14)15(22)25-2/h6-7,10H,3-5,8H2,1-2H3,(H,16,17). The van der Waals surface area contributed by atoms with Crippen molar-refractivity contribution >= 4 is 17.5 Å². The van der Waals surface area contributed by atoms with Gasteiger partial charge in [0.25, 0.3) is 0 Å². The van der Waals surface area contributed by atoms with Gasteiger partial charge in [-0.15, -0.1) is 0 Å². The molecule has 1 aliphatic heterocycles. The number of nitrogens with zero attached hydrogens (tertiary/aromatic N) is 5. The highest BCUT2D eigenvalue weighted by atomic mass is 16.6. The van der Waals surface area contributed by atoms with Crippen LogP contribution in [0.3, 0.4) is 0 Å². The van der Waals surface area contributed by atoms with Crippen LogP contribution in [0.4, 0.5) is 11.5 Å². The summed E-state index contributed by atoms with van der Waals surface area (Å²) in [6.07, 6.45) is 3.53. The van der Waals surface area contributed by atoms with Gasteiger partial charge in [-0.2, -0.15) is 5.10 Å². The van der Waals surface area contributed by atoms with Gasteiger partial charge in [0.2, 0.25) is 5.82 Å². The molecule has 2 aromatic rings. The Labute approximate surface area is 143 Å². The SMILES string of the molecule is CCc1nc2n(n1)CC(Nc1ncc(C(=O)OC)cc1[N+](=O)[O-])CC2. The first kappa shape index (κ1) is 16.8. The van der Waals surface area contributed by atoms with Crippen LogP contribution in [0.25, 0.3) is 0 Å². The monoisotopic (exact) mass is 346 g/mol. The molecule has 0 aromatic carbocycles. The first-order chi connectivity index (χ1) is 12.0. The number of aromatic nitrogens is 4. The molecule has 132 valence electrons. The largest absolute Gasteiger partial charge is 0.465 e. The van der Waals surface area contributed by atoms with E-state index in [4.69, 9.17) is 0 Å². The van der Waals surface area contributed by atoms with Gasteiger partial charge >= 0.3 is 11.7 Å². The van der Waals surface area contributed by atoms with E-state index in [-0.39, 0.29) is 23.1 Å². The van der Waals surface area contributed by atoms with E-state index in [2.05, 4.69) is 25.1 Å². The molecule has 0 aliphatic carbocycles. The second kappa shape index (κ2) is 6.83. The topological polar surface area (TPSA) is 125 Å². The smallest absolute Gasteiger partial charge is 0.339 e. The number of hydrogen-bond donors (Lipinski definition) is 1. The van der Waals surface area contributed by atoms with E-state index >= 15 is 0 Å². The van der Waals surface area contributed by atoms with Gasteiger partial charge in [-0.3, -0.25) is 10.1 Å². The lowest BCUT2D eigenvalue weighted by Crippen LogP contribution is -2.32. The summed E-state index contributed by atoms with van der Waals surface area (Å²) in [7, 11) is 1.21. The predicted octanol–water partition coefficient (Wildman–Crippen LogP) is 1.36. The van der Waals surface area contributed by atoms with Crippen LogP contribution >= 0.6 is 0 Å². The number of anilines is 1. The number of methoxy groups -OCH3 is 1. The molecule has 10 heteroatoms. The van der Waals surface area contributed by atoms with Crippen molar-refractivity contribution in [2.24, 2.45) is 0 Å². The fraction of sp³-hybridized carbons (Fsp3) is 0.467. The molecule has 10 nitrogen and oxygen atoms in total. The molecule has 0 bridgehead atoms. The number of nitro groups is 1. The van der Waals surface area contributed by atoms with Gasteiger partial charge in [-0.25, -0.2) is 19.4 Å². The van der Waals surface area contributed by atoms with E-state index in [0.717, 1.165) is 30.9 Å². The Kier molecular flexibility index (Phi) is 4.59. The fourth-order valence-electron chi connectivity index (χ4n) is 2.75. The number of esters is 1. The molecule has 0 spiro atoms. The van der Waals surface area contributed by atoms with Gasteiger partial charge in [0.05, 0.1) is 24.1 Å². The van der Waals surface area contributed by atoms with E-state index in [9.17, 15) is 14.9 Å². The highest BCUT2D eigenvalue weighted by Crippen LogP contribution is 2.26. The molecule has 25 heavy (non-hydrogen) atoms. The fourth-order valence-corrected chi connectivity index (χ4v) is 2.75. The highest BCUT2D eigenvalue weighted by Gasteiger charge is 2.25. The number of aryl methyl sites for hydroxylation is 2. The summed E-state index contributed by atoms with van der Waals surface area (Å²) in [5.41, 5.74) is -0.226. The molecule has 1 N–H and O–H groups in total. The van der Waals surface area contributed by atoms with Crippen molar-refractivity contribution < 1.29 is 14.5 Å². The molecule has 0 fully saturated rings. The van der Waals surface area contributed by atoms with E-state index in [1.54, 1.807) is 0 Å². The van der Waals surface area contributed by atoms with E-state index in [1.165, 1.54) is 19.4 Å². The van der Waals surface area contributed by atoms with Crippen molar-refractivity contribution in [1.29, 1.82) is 0 Å². The number of fused-ring (bicyclic) bond motifs is 1. The van der Waals surface area contributed by atoms with E-state index < -0.39 is 10.9 Å². The number of carbonyl (C=O) groups is 1. The Morgan fingerprint density at radius 3 is 3.04 bits per heavy atom. The average Bonchev–Trinajstić information content (AvgIpc) is 3.03. The lowest BCUT2D eigenvalue weighted by atomic mass is 10.1. The maximum atomic E-state index is 11.5. The minimum absolute atomic E-state index is 0.0366. The van der Waals surface area contributed by atoms with E-state index in [1.807, 2.05) is 11.6 Å². The zero-order chi connectivity index (χ0) is 18.0. The highest BCUT2D eigenvalue weighted by molar-refractivity contribution is 5.90. The Balaban J connectivity index is 1.80. The first-order valence-corrected chi connectivity index (χ1v) is 7.93. The summed E-state index contributed by atoms with van der Waals surface area (Å²) in [6, 6.07) is 1.11. The molecule has 1 atom stereocenters. The molecular formula is C15H18N6O4. The molecule has 0 amide bonds. The van der Waals surface area contributed by atoms with Crippen LogP contribution in [-0.2, 0) is 24.1 Å². The van der Waals surface area contributed by atoms with Crippen molar-refractivity contribution in [2.45, 2.75) is 38.8 Å². The Hall–Kier alpha value is -3.04. The van der Waals surface area contributed by atoms with Crippen molar-refractivity contribution in [3.8, 4) is 0 Å². The summed E-state index contributed by atoms with van der Waals surface area (Å²) in [5.74, 6) is 1.18. The third-order valence-electron chi connectivity index (χ3n) is 4.04. The van der Waals surface area contributed by atoms with Crippen molar-refractivity contribution in [1.82, 2.24) is 19.7 Å². The molecule has 1 aliphatic rings. The third-order valence-corrected chi connectivity index (χ3v) is 4.04. The average molecular weight is 346 g/mol. The minimum atomic E-state index is -0.667. The number of nitrogens with one attached hydrogen (secondary N) is 1. The number of carbonyl (C=O) groups excluding carboxylic acids is 1. The van der Waals surface area contributed by atoms with Crippen LogP contribution < -0.4 is 5.32 Å². The van der Waals surface area contributed by atoms with Crippen molar-refractivity contribution in [3.05, 3.63) is 39.6 Å². The molecule has 3 heterocycles. The maximum absolute atomic E-state index is 11.5. The second-order valence-electron chi connectivity index (χ2n) is 5.70. The molecular weight excluding hydrogens is 328 g/mol. The van der Waals surface area contributed by atoms with Crippen LogP contribution in [-0.4, -0.2) is 43.8 Å². The zero-order valence-corrected chi connectivity index (χ0v) is 13.9.